The van der Waals surface area contributed by atoms with E-state index in [0.29, 0.717) is 5.78 Å². The topological polar surface area (TPSA) is 17.1 Å². The van der Waals surface area contributed by atoms with E-state index in [0.717, 1.165) is 25.7 Å². The van der Waals surface area contributed by atoms with Crippen molar-refractivity contribution in [2.24, 2.45) is 0 Å². The molecule has 0 amide bonds. The van der Waals surface area contributed by atoms with Gasteiger partial charge in [0.15, 0.2) is 0 Å². The molecule has 0 atom stereocenters. The fraction of sp³-hybridized carbons (Fsp3) is 0.357. The minimum Gasteiger partial charge on any atom is -0.300 e. The van der Waals surface area contributed by atoms with Gasteiger partial charge in [0, 0.05) is 6.42 Å². The van der Waals surface area contributed by atoms with Crippen LogP contribution in [0.4, 0.5) is 0 Å². The third kappa shape index (κ3) is 5.84. The Balaban J connectivity index is 2.15. The highest BCUT2D eigenvalue weighted by molar-refractivity contribution is 5.75. The molecule has 0 aliphatic heterocycles. The Morgan fingerprint density at radius 1 is 1.20 bits per heavy atom. The van der Waals surface area contributed by atoms with Crippen LogP contribution in [0.5, 0.6) is 0 Å². The molecule has 80 valence electrons. The number of unbranched alkanes of at least 4 members (excludes halogenated alkanes) is 2. The summed E-state index contributed by atoms with van der Waals surface area (Å²) in [5.41, 5.74) is 1.24. The van der Waals surface area contributed by atoms with E-state index in [1.807, 2.05) is 18.2 Å². The van der Waals surface area contributed by atoms with Crippen LogP contribution >= 0.6 is 0 Å². The Hall–Kier alpha value is -1.37. The van der Waals surface area contributed by atoms with Crippen molar-refractivity contribution in [3.63, 3.8) is 0 Å². The zero-order valence-corrected chi connectivity index (χ0v) is 9.28. The largest absolute Gasteiger partial charge is 0.300 e. The average Bonchev–Trinajstić information content (AvgIpc) is 2.24. The number of benzene rings is 1. The zero-order chi connectivity index (χ0) is 10.9. The predicted octanol–water partition coefficient (Wildman–Crippen LogP) is 3.85. The minimum absolute atomic E-state index is 0.294. The molecule has 0 saturated heterocycles. The molecule has 0 spiro atoms. The molecule has 1 aromatic rings. The number of hydrogen-bond donors (Lipinski definition) is 0. The molecule has 0 fully saturated rings. The number of hydrogen-bond acceptors (Lipinski definition) is 1. The van der Waals surface area contributed by atoms with Gasteiger partial charge in [-0.3, -0.25) is 0 Å². The summed E-state index contributed by atoms with van der Waals surface area (Å²) in [7, 11) is 0. The number of carbonyl (C=O) groups excluding carboxylic acids is 1. The predicted molar refractivity (Wildman–Crippen MR) is 64.6 cm³/mol. The lowest BCUT2D eigenvalue weighted by Gasteiger charge is -1.94. The summed E-state index contributed by atoms with van der Waals surface area (Å²) < 4.78 is 0. The molecule has 0 aliphatic carbocycles. The minimum atomic E-state index is 0.294. The smallest absolute Gasteiger partial charge is 0.129 e. The van der Waals surface area contributed by atoms with Crippen LogP contribution in [0.25, 0.3) is 6.08 Å². The van der Waals surface area contributed by atoms with Gasteiger partial charge in [-0.1, -0.05) is 42.5 Å². The molecule has 1 nitrogen and oxygen atoms in total. The van der Waals surface area contributed by atoms with Gasteiger partial charge in [0.2, 0.25) is 0 Å². The first-order chi connectivity index (χ1) is 7.29. The molecule has 0 heterocycles. The van der Waals surface area contributed by atoms with Crippen LogP contribution in [0.2, 0.25) is 0 Å². The van der Waals surface area contributed by atoms with E-state index in [-0.39, 0.29) is 0 Å². The monoisotopic (exact) mass is 202 g/mol. The summed E-state index contributed by atoms with van der Waals surface area (Å²) in [6, 6.07) is 10.3. The maximum atomic E-state index is 10.7. The van der Waals surface area contributed by atoms with Crippen LogP contribution in [0, 0.1) is 0 Å². The van der Waals surface area contributed by atoms with Crippen LogP contribution < -0.4 is 0 Å². The Kier molecular flexibility index (Phi) is 5.46. The second kappa shape index (κ2) is 6.99. The molecule has 0 saturated carbocycles. The van der Waals surface area contributed by atoms with Crippen molar-refractivity contribution in [3.05, 3.63) is 42.0 Å². The fourth-order valence-corrected chi connectivity index (χ4v) is 1.42. The van der Waals surface area contributed by atoms with Crippen molar-refractivity contribution >= 4 is 11.9 Å². The van der Waals surface area contributed by atoms with Gasteiger partial charge in [0.1, 0.15) is 5.78 Å². The molecule has 0 N–H and O–H groups in total. The van der Waals surface area contributed by atoms with E-state index in [1.54, 1.807) is 6.92 Å². The van der Waals surface area contributed by atoms with Crippen molar-refractivity contribution in [2.45, 2.75) is 32.6 Å². The van der Waals surface area contributed by atoms with Crippen LogP contribution in [0.15, 0.2) is 36.4 Å². The maximum Gasteiger partial charge on any atom is 0.129 e. The van der Waals surface area contributed by atoms with Crippen molar-refractivity contribution in [1.29, 1.82) is 0 Å². The number of allylic oxidation sites excluding steroid dienone is 1. The van der Waals surface area contributed by atoms with Crippen molar-refractivity contribution in [1.82, 2.24) is 0 Å². The maximum absolute atomic E-state index is 10.7. The first-order valence-corrected chi connectivity index (χ1v) is 5.50. The summed E-state index contributed by atoms with van der Waals surface area (Å²) in [6.45, 7) is 1.65. The third-order valence-electron chi connectivity index (χ3n) is 2.26. The number of Topliss-reactive ketones (excluding diaryl/α,β-unsaturated/α-hetero) is 1. The first kappa shape index (κ1) is 11.7. The Bertz CT molecular complexity index is 311. The van der Waals surface area contributed by atoms with Crippen molar-refractivity contribution in [3.8, 4) is 0 Å². The van der Waals surface area contributed by atoms with E-state index in [9.17, 15) is 4.79 Å². The lowest BCUT2D eigenvalue weighted by Crippen LogP contribution is -1.88. The van der Waals surface area contributed by atoms with Gasteiger partial charge in [-0.15, -0.1) is 0 Å². The quantitative estimate of drug-likeness (QED) is 0.640. The first-order valence-electron chi connectivity index (χ1n) is 5.50. The molecule has 0 radical (unpaired) electrons. The summed E-state index contributed by atoms with van der Waals surface area (Å²) in [5.74, 6) is 0.294. The molecular formula is C14H18O. The third-order valence-corrected chi connectivity index (χ3v) is 2.26. The summed E-state index contributed by atoms with van der Waals surface area (Å²) in [6.07, 6.45) is 8.20. The van der Waals surface area contributed by atoms with Crippen LogP contribution in [-0.4, -0.2) is 5.78 Å². The second-order valence-electron chi connectivity index (χ2n) is 3.76. The van der Waals surface area contributed by atoms with Crippen LogP contribution in [-0.2, 0) is 4.79 Å². The van der Waals surface area contributed by atoms with E-state index in [1.165, 1.54) is 5.56 Å². The lowest BCUT2D eigenvalue weighted by atomic mass is 10.1. The number of ketones is 1. The van der Waals surface area contributed by atoms with E-state index in [4.69, 9.17) is 0 Å². The van der Waals surface area contributed by atoms with Gasteiger partial charge < -0.3 is 4.79 Å². The molecule has 1 heteroatoms. The van der Waals surface area contributed by atoms with Gasteiger partial charge in [-0.2, -0.15) is 0 Å². The molecule has 1 aromatic carbocycles. The highest BCUT2D eigenvalue weighted by atomic mass is 16.1. The molecule has 15 heavy (non-hydrogen) atoms. The van der Waals surface area contributed by atoms with Crippen molar-refractivity contribution in [2.75, 3.05) is 0 Å². The number of rotatable bonds is 6. The molecule has 0 unspecified atom stereocenters. The van der Waals surface area contributed by atoms with Crippen LogP contribution in [0.1, 0.15) is 38.2 Å². The van der Waals surface area contributed by atoms with Gasteiger partial charge in [-0.05, 0) is 31.7 Å². The molecule has 0 aliphatic rings. The fourth-order valence-electron chi connectivity index (χ4n) is 1.42. The van der Waals surface area contributed by atoms with Gasteiger partial charge in [0.05, 0.1) is 0 Å². The summed E-state index contributed by atoms with van der Waals surface area (Å²) >= 11 is 0. The van der Waals surface area contributed by atoms with Gasteiger partial charge >= 0.3 is 0 Å². The van der Waals surface area contributed by atoms with E-state index < -0.39 is 0 Å². The Morgan fingerprint density at radius 2 is 1.93 bits per heavy atom. The zero-order valence-electron chi connectivity index (χ0n) is 9.28. The standard InChI is InChI=1S/C14H18O/c1-13(15)9-5-2-3-6-10-14-11-7-4-8-12-14/h4,6-8,10-12H,2-3,5,9H2,1H3/b10-6+. The lowest BCUT2D eigenvalue weighted by molar-refractivity contribution is -0.117. The Labute approximate surface area is 91.8 Å². The van der Waals surface area contributed by atoms with E-state index in [2.05, 4.69) is 24.3 Å². The average molecular weight is 202 g/mol. The summed E-state index contributed by atoms with van der Waals surface area (Å²) in [4.78, 5) is 10.7. The summed E-state index contributed by atoms with van der Waals surface area (Å²) in [5, 5.41) is 0. The van der Waals surface area contributed by atoms with Gasteiger partial charge in [-0.25, -0.2) is 0 Å². The molecule has 1 rings (SSSR count). The second-order valence-corrected chi connectivity index (χ2v) is 3.76. The molecular weight excluding hydrogens is 184 g/mol. The van der Waals surface area contributed by atoms with Gasteiger partial charge in [0.25, 0.3) is 0 Å². The molecule has 0 aromatic heterocycles. The highest BCUT2D eigenvalue weighted by Gasteiger charge is 1.91. The number of carbonyl (C=O) groups is 1. The Morgan fingerprint density at radius 3 is 2.60 bits per heavy atom. The highest BCUT2D eigenvalue weighted by Crippen LogP contribution is 2.05. The van der Waals surface area contributed by atoms with E-state index >= 15 is 0 Å². The SMILES string of the molecule is CC(=O)CCCC/C=C/c1ccccc1. The molecule has 0 bridgehead atoms. The normalized spacial score (nSPS) is 10.7. The van der Waals surface area contributed by atoms with Crippen molar-refractivity contribution < 1.29 is 4.79 Å². The van der Waals surface area contributed by atoms with Crippen LogP contribution in [0.3, 0.4) is 0 Å².